The van der Waals surface area contributed by atoms with Crippen LogP contribution >= 0.6 is 23.6 Å². The second-order valence-electron chi connectivity index (χ2n) is 5.45. The van der Waals surface area contributed by atoms with E-state index in [9.17, 15) is 0 Å². The van der Waals surface area contributed by atoms with Crippen LogP contribution in [0.1, 0.15) is 12.0 Å². The fourth-order valence-electron chi connectivity index (χ4n) is 2.05. The van der Waals surface area contributed by atoms with Crippen LogP contribution in [0.25, 0.3) is 0 Å². The van der Waals surface area contributed by atoms with E-state index in [0.29, 0.717) is 5.11 Å². The van der Waals surface area contributed by atoms with Crippen molar-refractivity contribution >= 4 is 28.7 Å². The van der Waals surface area contributed by atoms with Crippen molar-refractivity contribution in [3.05, 3.63) is 52.3 Å². The number of rotatable bonds is 6. The van der Waals surface area contributed by atoms with Gasteiger partial charge in [-0.05, 0) is 17.8 Å². The van der Waals surface area contributed by atoms with E-state index in [2.05, 4.69) is 59.4 Å². The summed E-state index contributed by atoms with van der Waals surface area (Å²) in [5.74, 6) is 0. The van der Waals surface area contributed by atoms with Crippen LogP contribution in [0.5, 0.6) is 0 Å². The van der Waals surface area contributed by atoms with Crippen molar-refractivity contribution in [1.82, 2.24) is 9.88 Å². The first-order valence-corrected chi connectivity index (χ1v) is 8.73. The molecule has 0 saturated carbocycles. The number of nitrogens with zero attached hydrogens (tertiary/aromatic N) is 2. The zero-order valence-corrected chi connectivity index (χ0v) is 14.7. The number of hydrogen-bond acceptors (Lipinski definition) is 2. The summed E-state index contributed by atoms with van der Waals surface area (Å²) in [5, 5.41) is 5.82. The van der Waals surface area contributed by atoms with Crippen LogP contribution in [0.15, 0.2) is 46.9 Å². The second kappa shape index (κ2) is 8.82. The van der Waals surface area contributed by atoms with Crippen LogP contribution in [0.4, 0.5) is 0 Å². The Kier molecular flexibility index (Phi) is 6.76. The summed E-state index contributed by atoms with van der Waals surface area (Å²) in [4.78, 5) is 6.90. The molecule has 0 aliphatic heterocycles. The summed E-state index contributed by atoms with van der Waals surface area (Å²) >= 11 is 6.92. The highest BCUT2D eigenvalue weighted by molar-refractivity contribution is 7.80. The van der Waals surface area contributed by atoms with Crippen molar-refractivity contribution in [2.75, 3.05) is 27.2 Å². The molecule has 2 N–H and O–H groups in total. The molecule has 0 radical (unpaired) electrons. The normalized spacial score (nSPS) is 11.9. The summed E-state index contributed by atoms with van der Waals surface area (Å²) in [6.45, 7) is 2.82. The predicted octanol–water partition coefficient (Wildman–Crippen LogP) is 0.908. The highest BCUT2D eigenvalue weighted by Gasteiger charge is 2.00. The van der Waals surface area contributed by atoms with E-state index in [0.717, 1.165) is 30.9 Å². The molecule has 0 bridgehead atoms. The number of nitrogens with one attached hydrogen (secondary N) is 2. The SMILES string of the molecule is C[NH+](C)CCCNC(=S)N=c1sccn1Cc1ccccc1. The van der Waals surface area contributed by atoms with E-state index in [1.54, 1.807) is 11.3 Å². The molecule has 6 heteroatoms. The highest BCUT2D eigenvalue weighted by atomic mass is 32.1. The van der Waals surface area contributed by atoms with E-state index >= 15 is 0 Å². The lowest BCUT2D eigenvalue weighted by molar-refractivity contribution is -0.858. The molecule has 0 unspecified atom stereocenters. The Morgan fingerprint density at radius 1 is 1.32 bits per heavy atom. The molecule has 4 nitrogen and oxygen atoms in total. The third kappa shape index (κ3) is 5.71. The van der Waals surface area contributed by atoms with Gasteiger partial charge in [0.2, 0.25) is 0 Å². The smallest absolute Gasteiger partial charge is 0.195 e. The standard InChI is InChI=1S/C16H22N4S2/c1-19(2)10-6-9-17-15(21)18-16-20(11-12-22-16)13-14-7-4-3-5-8-14/h3-5,7-8,11-12H,6,9-10,13H2,1-2H3,(H,17,21)/p+1. The summed E-state index contributed by atoms with van der Waals surface area (Å²) in [7, 11) is 4.31. The summed E-state index contributed by atoms with van der Waals surface area (Å²) < 4.78 is 2.12. The number of quaternary nitrogens is 1. The predicted molar refractivity (Wildman–Crippen MR) is 96.3 cm³/mol. The van der Waals surface area contributed by atoms with Crippen molar-refractivity contribution < 1.29 is 4.90 Å². The summed E-state index contributed by atoms with van der Waals surface area (Å²) in [6.07, 6.45) is 3.14. The van der Waals surface area contributed by atoms with Gasteiger partial charge in [-0.3, -0.25) is 0 Å². The molecular weight excluding hydrogens is 312 g/mol. The molecule has 22 heavy (non-hydrogen) atoms. The summed E-state index contributed by atoms with van der Waals surface area (Å²) in [5.41, 5.74) is 1.26. The first-order chi connectivity index (χ1) is 10.6. The largest absolute Gasteiger partial charge is 0.361 e. The van der Waals surface area contributed by atoms with E-state index in [4.69, 9.17) is 12.2 Å². The van der Waals surface area contributed by atoms with Crippen molar-refractivity contribution in [3.63, 3.8) is 0 Å². The van der Waals surface area contributed by atoms with Crippen molar-refractivity contribution in [3.8, 4) is 0 Å². The molecule has 0 fully saturated rings. The van der Waals surface area contributed by atoms with Crippen LogP contribution in [-0.2, 0) is 6.54 Å². The van der Waals surface area contributed by atoms with Crippen LogP contribution < -0.4 is 15.0 Å². The highest BCUT2D eigenvalue weighted by Crippen LogP contribution is 2.01. The topological polar surface area (TPSA) is 33.8 Å². The maximum absolute atomic E-state index is 5.31. The number of hydrogen-bond donors (Lipinski definition) is 2. The third-order valence-corrected chi connectivity index (χ3v) is 4.21. The molecule has 1 heterocycles. The number of benzene rings is 1. The van der Waals surface area contributed by atoms with E-state index in [-0.39, 0.29) is 0 Å². The molecule has 1 aromatic heterocycles. The number of thiocarbonyl (C=S) groups is 1. The van der Waals surface area contributed by atoms with Gasteiger partial charge in [0.15, 0.2) is 9.91 Å². The molecule has 2 rings (SSSR count). The maximum Gasteiger partial charge on any atom is 0.195 e. The maximum atomic E-state index is 5.31. The lowest BCUT2D eigenvalue weighted by Crippen LogP contribution is -3.05. The Labute approximate surface area is 141 Å². The van der Waals surface area contributed by atoms with Gasteiger partial charge in [-0.25, -0.2) is 0 Å². The molecule has 0 aliphatic rings. The monoisotopic (exact) mass is 335 g/mol. The minimum absolute atomic E-state index is 0.568. The Morgan fingerprint density at radius 3 is 2.82 bits per heavy atom. The molecule has 0 spiro atoms. The van der Waals surface area contributed by atoms with Crippen molar-refractivity contribution in [1.29, 1.82) is 0 Å². The van der Waals surface area contributed by atoms with Gasteiger partial charge in [-0.15, -0.1) is 11.3 Å². The van der Waals surface area contributed by atoms with Crippen molar-refractivity contribution in [2.24, 2.45) is 4.99 Å². The van der Waals surface area contributed by atoms with Gasteiger partial charge in [-0.2, -0.15) is 4.99 Å². The van der Waals surface area contributed by atoms with Crippen LogP contribution in [0.3, 0.4) is 0 Å². The van der Waals surface area contributed by atoms with Gasteiger partial charge in [0, 0.05) is 31.1 Å². The van der Waals surface area contributed by atoms with E-state index < -0.39 is 0 Å². The van der Waals surface area contributed by atoms with Gasteiger partial charge in [0.05, 0.1) is 20.6 Å². The van der Waals surface area contributed by atoms with E-state index in [1.807, 2.05) is 11.4 Å². The molecule has 0 aliphatic carbocycles. The fraction of sp³-hybridized carbons (Fsp3) is 0.375. The zero-order valence-electron chi connectivity index (χ0n) is 13.1. The molecule has 2 aromatic rings. The van der Waals surface area contributed by atoms with Crippen molar-refractivity contribution in [2.45, 2.75) is 13.0 Å². The number of aromatic nitrogens is 1. The average Bonchev–Trinajstić information content (AvgIpc) is 2.91. The minimum atomic E-state index is 0.568. The molecule has 0 saturated heterocycles. The van der Waals surface area contributed by atoms with Gasteiger partial charge in [-0.1, -0.05) is 30.3 Å². The molecule has 0 atom stereocenters. The van der Waals surface area contributed by atoms with Gasteiger partial charge >= 0.3 is 0 Å². The van der Waals surface area contributed by atoms with E-state index in [1.165, 1.54) is 10.5 Å². The average molecular weight is 336 g/mol. The Morgan fingerprint density at radius 2 is 2.09 bits per heavy atom. The number of thiazole rings is 1. The Hall–Kier alpha value is -1.50. The van der Waals surface area contributed by atoms with Gasteiger partial charge in [0.25, 0.3) is 0 Å². The lowest BCUT2D eigenvalue weighted by Gasteiger charge is -2.07. The van der Waals surface area contributed by atoms with Crippen LogP contribution in [0.2, 0.25) is 0 Å². The quantitative estimate of drug-likeness (QED) is 0.608. The van der Waals surface area contributed by atoms with Gasteiger partial charge < -0.3 is 14.8 Å². The minimum Gasteiger partial charge on any atom is -0.361 e. The lowest BCUT2D eigenvalue weighted by atomic mass is 10.2. The van der Waals surface area contributed by atoms with Gasteiger partial charge in [0.1, 0.15) is 0 Å². The molecule has 0 amide bonds. The molecule has 118 valence electrons. The second-order valence-corrected chi connectivity index (χ2v) is 6.71. The Balaban J connectivity index is 1.94. The third-order valence-electron chi connectivity index (χ3n) is 3.18. The van der Waals surface area contributed by atoms with Crippen LogP contribution in [0, 0.1) is 0 Å². The van der Waals surface area contributed by atoms with Crippen LogP contribution in [-0.4, -0.2) is 36.9 Å². The Bertz CT molecular complexity index is 643. The fourth-order valence-corrected chi connectivity index (χ4v) is 3.03. The first kappa shape index (κ1) is 16.9. The molecular formula is C16H23N4S2+. The zero-order chi connectivity index (χ0) is 15.8. The first-order valence-electron chi connectivity index (χ1n) is 7.44. The molecule has 1 aromatic carbocycles. The summed E-state index contributed by atoms with van der Waals surface area (Å²) in [6, 6.07) is 10.4.